The van der Waals surface area contributed by atoms with Gasteiger partial charge in [0.05, 0.1) is 22.5 Å². The van der Waals surface area contributed by atoms with Gasteiger partial charge in [-0.25, -0.2) is 9.97 Å². The predicted molar refractivity (Wildman–Crippen MR) is 137 cm³/mol. The van der Waals surface area contributed by atoms with Crippen molar-refractivity contribution in [2.24, 2.45) is 0 Å². The minimum absolute atomic E-state index is 0.117. The standard InChI is InChI=1S/C27H27F3N6O/c1-17-4-6-20(12-19(17)7-5-18-14-32-26(31)33-15-18)25(37)34-23-13-21(27(28,29)30)8-9-24(23)36-11-10-22(16-36)35(2)3/h4,6,8-9,12-15,22H,10-11,16H2,1-3H3,(H,34,37)(H2,31,32,33)/t22-/m0/s1. The Morgan fingerprint density at radius 3 is 2.51 bits per heavy atom. The summed E-state index contributed by atoms with van der Waals surface area (Å²) in [6.45, 7) is 3.18. The van der Waals surface area contributed by atoms with Crippen molar-refractivity contribution in [3.05, 3.63) is 76.6 Å². The van der Waals surface area contributed by atoms with Gasteiger partial charge in [0.2, 0.25) is 5.95 Å². The van der Waals surface area contributed by atoms with Crippen LogP contribution in [0.4, 0.5) is 30.5 Å². The molecule has 1 saturated heterocycles. The smallest absolute Gasteiger partial charge is 0.368 e. The molecule has 0 radical (unpaired) electrons. The molecule has 4 rings (SSSR count). The van der Waals surface area contributed by atoms with Gasteiger partial charge in [-0.2, -0.15) is 13.2 Å². The Hall–Kier alpha value is -4.10. The topological polar surface area (TPSA) is 87.4 Å². The second-order valence-electron chi connectivity index (χ2n) is 9.15. The number of nitrogens with zero attached hydrogens (tertiary/aromatic N) is 4. The molecule has 10 heteroatoms. The molecule has 1 amide bonds. The van der Waals surface area contributed by atoms with E-state index in [-0.39, 0.29) is 23.2 Å². The molecule has 37 heavy (non-hydrogen) atoms. The lowest BCUT2D eigenvalue weighted by molar-refractivity contribution is -0.137. The number of alkyl halides is 3. The molecule has 0 spiro atoms. The van der Waals surface area contributed by atoms with Crippen LogP contribution in [0.15, 0.2) is 48.8 Å². The van der Waals surface area contributed by atoms with Crippen LogP contribution in [-0.2, 0) is 6.18 Å². The monoisotopic (exact) mass is 508 g/mol. The van der Waals surface area contributed by atoms with E-state index >= 15 is 0 Å². The molecule has 1 fully saturated rings. The minimum Gasteiger partial charge on any atom is -0.368 e. The van der Waals surface area contributed by atoms with Crippen LogP contribution in [0.3, 0.4) is 0 Å². The highest BCUT2D eigenvalue weighted by Gasteiger charge is 2.33. The number of amides is 1. The highest BCUT2D eigenvalue weighted by Crippen LogP contribution is 2.37. The van der Waals surface area contributed by atoms with E-state index in [1.807, 2.05) is 25.9 Å². The molecular formula is C27H27F3N6O. The van der Waals surface area contributed by atoms with Crippen LogP contribution in [0.1, 0.15) is 39.0 Å². The fourth-order valence-corrected chi connectivity index (χ4v) is 4.10. The Morgan fingerprint density at radius 2 is 1.86 bits per heavy atom. The summed E-state index contributed by atoms with van der Waals surface area (Å²) in [6, 6.07) is 8.72. The molecule has 7 nitrogen and oxygen atoms in total. The number of anilines is 3. The number of halogens is 3. The number of hydrogen-bond donors (Lipinski definition) is 2. The van der Waals surface area contributed by atoms with E-state index in [0.29, 0.717) is 29.9 Å². The Labute approximate surface area is 213 Å². The zero-order valence-corrected chi connectivity index (χ0v) is 20.7. The number of rotatable bonds is 4. The number of carbonyl (C=O) groups excluding carboxylic acids is 1. The summed E-state index contributed by atoms with van der Waals surface area (Å²) < 4.78 is 40.5. The van der Waals surface area contributed by atoms with Crippen molar-refractivity contribution in [3.8, 4) is 11.8 Å². The van der Waals surface area contributed by atoms with Gasteiger partial charge < -0.3 is 20.9 Å². The van der Waals surface area contributed by atoms with Crippen molar-refractivity contribution in [1.82, 2.24) is 14.9 Å². The third-order valence-corrected chi connectivity index (χ3v) is 6.32. The average molecular weight is 509 g/mol. The lowest BCUT2D eigenvalue weighted by atomic mass is 10.0. The molecule has 3 aromatic rings. The van der Waals surface area contributed by atoms with E-state index in [2.05, 4.69) is 32.0 Å². The van der Waals surface area contributed by atoms with Crippen LogP contribution in [0.2, 0.25) is 0 Å². The predicted octanol–water partition coefficient (Wildman–Crippen LogP) is 4.18. The van der Waals surface area contributed by atoms with Gasteiger partial charge in [0.1, 0.15) is 0 Å². The van der Waals surface area contributed by atoms with Gasteiger partial charge in [0.25, 0.3) is 5.91 Å². The maximum absolute atomic E-state index is 13.5. The summed E-state index contributed by atoms with van der Waals surface area (Å²) in [5.41, 5.74) is 7.62. The quantitative estimate of drug-likeness (QED) is 0.515. The van der Waals surface area contributed by atoms with Gasteiger partial charge in [-0.1, -0.05) is 17.9 Å². The van der Waals surface area contributed by atoms with Crippen molar-refractivity contribution in [1.29, 1.82) is 0 Å². The molecule has 0 unspecified atom stereocenters. The summed E-state index contributed by atoms with van der Waals surface area (Å²) in [6.07, 6.45) is -0.667. The summed E-state index contributed by atoms with van der Waals surface area (Å²) in [7, 11) is 3.95. The maximum atomic E-state index is 13.5. The van der Waals surface area contributed by atoms with Crippen LogP contribution in [0, 0.1) is 18.8 Å². The zero-order chi connectivity index (χ0) is 26.7. The van der Waals surface area contributed by atoms with Crippen LogP contribution >= 0.6 is 0 Å². The molecule has 2 aromatic carbocycles. The zero-order valence-electron chi connectivity index (χ0n) is 20.7. The molecule has 0 aliphatic carbocycles. The van der Waals surface area contributed by atoms with E-state index in [1.54, 1.807) is 18.2 Å². The molecule has 192 valence electrons. The lowest BCUT2D eigenvalue weighted by Crippen LogP contribution is -2.31. The SMILES string of the molecule is Cc1ccc(C(=O)Nc2cc(C(F)(F)F)ccc2N2CC[C@H](N(C)C)C2)cc1C#Cc1cnc(N)nc1. The average Bonchev–Trinajstić information content (AvgIpc) is 3.34. The van der Waals surface area contributed by atoms with Crippen molar-refractivity contribution < 1.29 is 18.0 Å². The van der Waals surface area contributed by atoms with E-state index in [1.165, 1.54) is 18.5 Å². The lowest BCUT2D eigenvalue weighted by Gasteiger charge is -2.25. The summed E-state index contributed by atoms with van der Waals surface area (Å²) in [4.78, 5) is 25.1. The van der Waals surface area contributed by atoms with E-state index in [4.69, 9.17) is 5.73 Å². The van der Waals surface area contributed by atoms with Crippen LogP contribution < -0.4 is 16.0 Å². The molecule has 2 heterocycles. The van der Waals surface area contributed by atoms with Crippen LogP contribution in [-0.4, -0.2) is 54.0 Å². The Balaban J connectivity index is 1.62. The van der Waals surface area contributed by atoms with E-state index in [9.17, 15) is 18.0 Å². The Morgan fingerprint density at radius 1 is 1.14 bits per heavy atom. The normalized spacial score (nSPS) is 15.4. The van der Waals surface area contributed by atoms with Crippen LogP contribution in [0.25, 0.3) is 0 Å². The molecule has 1 aliphatic heterocycles. The molecular weight excluding hydrogens is 481 g/mol. The summed E-state index contributed by atoms with van der Waals surface area (Å²) >= 11 is 0. The Bertz CT molecular complexity index is 1360. The first-order valence-electron chi connectivity index (χ1n) is 11.7. The number of nitrogens with two attached hydrogens (primary N) is 1. The highest BCUT2D eigenvalue weighted by molar-refractivity contribution is 6.06. The number of hydrogen-bond acceptors (Lipinski definition) is 6. The van der Waals surface area contributed by atoms with Crippen LogP contribution in [0.5, 0.6) is 0 Å². The van der Waals surface area contributed by atoms with Gasteiger partial charge in [-0.3, -0.25) is 4.79 Å². The third-order valence-electron chi connectivity index (χ3n) is 6.32. The van der Waals surface area contributed by atoms with Crippen molar-refractivity contribution >= 4 is 23.2 Å². The van der Waals surface area contributed by atoms with E-state index < -0.39 is 17.6 Å². The number of carbonyl (C=O) groups is 1. The molecule has 1 atom stereocenters. The second kappa shape index (κ2) is 10.5. The largest absolute Gasteiger partial charge is 0.416 e. The fraction of sp³-hybridized carbons (Fsp3) is 0.296. The molecule has 0 bridgehead atoms. The molecule has 1 aliphatic rings. The first kappa shape index (κ1) is 26.0. The fourth-order valence-electron chi connectivity index (χ4n) is 4.10. The van der Waals surface area contributed by atoms with Gasteiger partial charge in [0, 0.05) is 42.7 Å². The van der Waals surface area contributed by atoms with Gasteiger partial charge in [0.15, 0.2) is 0 Å². The third kappa shape index (κ3) is 6.19. The van der Waals surface area contributed by atoms with Crippen molar-refractivity contribution in [2.75, 3.05) is 43.1 Å². The van der Waals surface area contributed by atoms with E-state index in [0.717, 1.165) is 24.1 Å². The molecule has 3 N–H and O–H groups in total. The van der Waals surface area contributed by atoms with Gasteiger partial charge >= 0.3 is 6.18 Å². The van der Waals surface area contributed by atoms with Gasteiger partial charge in [-0.05, 0) is 63.3 Å². The number of aryl methyl sites for hydroxylation is 1. The number of aromatic nitrogens is 2. The minimum atomic E-state index is -4.53. The summed E-state index contributed by atoms with van der Waals surface area (Å²) in [5.74, 6) is 5.54. The number of nitrogens with one attached hydrogen (secondary N) is 1. The first-order valence-corrected chi connectivity index (χ1v) is 11.7. The van der Waals surface area contributed by atoms with Crippen molar-refractivity contribution in [3.63, 3.8) is 0 Å². The Kier molecular flexibility index (Phi) is 7.36. The maximum Gasteiger partial charge on any atom is 0.416 e. The van der Waals surface area contributed by atoms with Gasteiger partial charge in [-0.15, -0.1) is 0 Å². The summed E-state index contributed by atoms with van der Waals surface area (Å²) in [5, 5.41) is 2.71. The molecule has 1 aromatic heterocycles. The highest BCUT2D eigenvalue weighted by atomic mass is 19.4. The van der Waals surface area contributed by atoms with Crippen molar-refractivity contribution in [2.45, 2.75) is 25.6 Å². The molecule has 0 saturated carbocycles. The first-order chi connectivity index (χ1) is 17.5. The number of nitrogen functional groups attached to an aromatic ring is 1. The second-order valence-corrected chi connectivity index (χ2v) is 9.15. The number of benzene rings is 2. The number of likely N-dealkylation sites (N-methyl/N-ethyl adjacent to an activating group) is 1.